The summed E-state index contributed by atoms with van der Waals surface area (Å²) < 4.78 is 0. The van der Waals surface area contributed by atoms with Crippen LogP contribution in [0.3, 0.4) is 0 Å². The molecule has 2 nitrogen and oxygen atoms in total. The van der Waals surface area contributed by atoms with Crippen LogP contribution in [0.25, 0.3) is 10.6 Å². The first-order valence-electron chi connectivity index (χ1n) is 8.27. The van der Waals surface area contributed by atoms with Gasteiger partial charge in [0, 0.05) is 0 Å². The van der Waals surface area contributed by atoms with Crippen molar-refractivity contribution in [2.75, 3.05) is 13.1 Å². The summed E-state index contributed by atoms with van der Waals surface area (Å²) in [6, 6.07) is 0.925. The maximum Gasteiger partial charge on any atom is 2.00 e. The van der Waals surface area contributed by atoms with Crippen molar-refractivity contribution in [3.05, 3.63) is 47.1 Å². The Morgan fingerprint density at radius 1 is 0.667 bits per heavy atom. The van der Waals surface area contributed by atoms with E-state index in [1.165, 1.54) is 44.9 Å². The van der Waals surface area contributed by atoms with Crippen LogP contribution in [-0.4, -0.2) is 25.2 Å². The van der Waals surface area contributed by atoms with Crippen molar-refractivity contribution in [2.24, 2.45) is 0 Å². The minimum absolute atomic E-state index is 0. The van der Waals surface area contributed by atoms with Gasteiger partial charge in [-0.15, -0.1) is 31.2 Å². The van der Waals surface area contributed by atoms with E-state index >= 15 is 0 Å². The summed E-state index contributed by atoms with van der Waals surface area (Å²) in [6.45, 7) is 2.07. The second-order valence-corrected chi connectivity index (χ2v) is 5.68. The van der Waals surface area contributed by atoms with Crippen LogP contribution < -0.4 is 0 Å². The van der Waals surface area contributed by atoms with Crippen molar-refractivity contribution in [2.45, 2.75) is 63.5 Å². The fourth-order valence-corrected chi connectivity index (χ4v) is 2.79. The molecule has 1 aliphatic carbocycles. The Balaban J connectivity index is 0.000000216. The van der Waals surface area contributed by atoms with Gasteiger partial charge in [0.1, 0.15) is 0 Å². The Labute approximate surface area is 140 Å². The van der Waals surface area contributed by atoms with Gasteiger partial charge in [-0.25, -0.2) is 0 Å². The third kappa shape index (κ3) is 7.99. The summed E-state index contributed by atoms with van der Waals surface area (Å²) in [5.74, 6) is 0. The number of allylic oxidation sites excluding steroid dienone is 4. The summed E-state index contributed by atoms with van der Waals surface area (Å²) in [5.41, 5.74) is 0. The third-order valence-electron chi connectivity index (χ3n) is 3.97. The first-order chi connectivity index (χ1) is 9.97. The third-order valence-corrected chi connectivity index (χ3v) is 3.97. The fourth-order valence-electron chi connectivity index (χ4n) is 2.79. The van der Waals surface area contributed by atoms with E-state index in [9.17, 15) is 0 Å². The molecule has 2 unspecified atom stereocenters. The van der Waals surface area contributed by atoms with E-state index in [0.717, 1.165) is 19.5 Å². The van der Waals surface area contributed by atoms with Crippen molar-refractivity contribution in [3.8, 4) is 0 Å². The molecule has 0 aromatic heterocycles. The van der Waals surface area contributed by atoms with Crippen molar-refractivity contribution in [3.63, 3.8) is 0 Å². The van der Waals surface area contributed by atoms with Gasteiger partial charge < -0.3 is 10.6 Å². The van der Waals surface area contributed by atoms with Crippen LogP contribution in [0.2, 0.25) is 0 Å². The van der Waals surface area contributed by atoms with E-state index in [1.54, 1.807) is 0 Å². The minimum atomic E-state index is 0. The molecule has 0 aromatic rings. The molecule has 2 aliphatic heterocycles. The van der Waals surface area contributed by atoms with Crippen molar-refractivity contribution in [1.82, 2.24) is 0 Å². The zero-order valence-corrected chi connectivity index (χ0v) is 13.9. The van der Waals surface area contributed by atoms with E-state index in [1.807, 2.05) is 0 Å². The van der Waals surface area contributed by atoms with E-state index in [4.69, 9.17) is 0 Å². The number of hydrogen-bond donors (Lipinski definition) is 0. The molecule has 0 aromatic carbocycles. The van der Waals surface area contributed by atoms with Crippen molar-refractivity contribution < 1.29 is 16.5 Å². The topological polar surface area (TPSA) is 28.2 Å². The Morgan fingerprint density at radius 2 is 1.33 bits per heavy atom. The summed E-state index contributed by atoms with van der Waals surface area (Å²) in [6.07, 6.45) is 23.5. The van der Waals surface area contributed by atoms with E-state index < -0.39 is 0 Å². The quantitative estimate of drug-likeness (QED) is 0.462. The summed E-state index contributed by atoms with van der Waals surface area (Å²) in [5, 5.41) is 9.18. The average molecular weight is 331 g/mol. The average Bonchev–Trinajstić information content (AvgIpc) is 2.49. The Bertz CT molecular complexity index is 304. The Hall–Kier alpha value is -0.366. The molecule has 3 heteroatoms. The zero-order valence-electron chi connectivity index (χ0n) is 12.9. The molecule has 0 radical (unpaired) electrons. The smallest absolute Gasteiger partial charge is 0.660 e. The maximum absolute atomic E-state index is 4.61. The van der Waals surface area contributed by atoms with E-state index in [2.05, 4.69) is 47.1 Å². The molecule has 1 fully saturated rings. The van der Waals surface area contributed by atoms with E-state index in [-0.39, 0.29) is 16.5 Å². The molecule has 120 valence electrons. The molecule has 1 saturated heterocycles. The summed E-state index contributed by atoms with van der Waals surface area (Å²) >= 11 is 0. The molecular formula is C18H28N2Ni. The fraction of sp³-hybridized carbons (Fsp3) is 0.667. The standard InChI is InChI=1S/C10H16N2.C8H12.Ni/c1-3-7-11-9(5-1)10-6-2-4-8-12-10;1-2-4-6-8-7-5-3-1;/h1,5,9-10H,2-4,6-8H2;1-2,7-8H,3-6H2;/q-2;;+2. The number of piperidine rings is 1. The normalized spacial score (nSPS) is 28.6. The maximum atomic E-state index is 4.61. The first-order valence-corrected chi connectivity index (χ1v) is 8.27. The van der Waals surface area contributed by atoms with Crippen LogP contribution in [0, 0.1) is 0 Å². The van der Waals surface area contributed by atoms with Gasteiger partial charge in [0.15, 0.2) is 0 Å². The van der Waals surface area contributed by atoms with Crippen molar-refractivity contribution >= 4 is 0 Å². The second-order valence-electron chi connectivity index (χ2n) is 5.68. The van der Waals surface area contributed by atoms with Crippen LogP contribution in [0.5, 0.6) is 0 Å². The molecular weight excluding hydrogens is 303 g/mol. The van der Waals surface area contributed by atoms with E-state index in [0.29, 0.717) is 12.1 Å². The predicted octanol–water partition coefficient (Wildman–Crippen LogP) is 5.29. The van der Waals surface area contributed by atoms with Gasteiger partial charge in [-0.1, -0.05) is 56.1 Å². The van der Waals surface area contributed by atoms with Gasteiger partial charge in [-0.2, -0.15) is 0 Å². The summed E-state index contributed by atoms with van der Waals surface area (Å²) in [7, 11) is 0. The minimum Gasteiger partial charge on any atom is -0.660 e. The van der Waals surface area contributed by atoms with Crippen molar-refractivity contribution in [1.29, 1.82) is 0 Å². The molecule has 3 rings (SSSR count). The molecule has 0 N–H and O–H groups in total. The molecule has 0 bridgehead atoms. The van der Waals surface area contributed by atoms with Crippen LogP contribution in [0.4, 0.5) is 0 Å². The van der Waals surface area contributed by atoms with Gasteiger partial charge in [-0.3, -0.25) is 0 Å². The van der Waals surface area contributed by atoms with Crippen LogP contribution in [-0.2, 0) is 16.5 Å². The zero-order chi connectivity index (χ0) is 13.9. The monoisotopic (exact) mass is 330 g/mol. The molecule has 21 heavy (non-hydrogen) atoms. The molecule has 2 heterocycles. The Morgan fingerprint density at radius 3 is 1.81 bits per heavy atom. The largest absolute Gasteiger partial charge is 2.00 e. The van der Waals surface area contributed by atoms with Gasteiger partial charge >= 0.3 is 16.5 Å². The molecule has 0 amide bonds. The predicted molar refractivity (Wildman–Crippen MR) is 88.4 cm³/mol. The summed E-state index contributed by atoms with van der Waals surface area (Å²) in [4.78, 5) is 0. The van der Waals surface area contributed by atoms with Crippen LogP contribution >= 0.6 is 0 Å². The van der Waals surface area contributed by atoms with Gasteiger partial charge in [0.05, 0.1) is 0 Å². The van der Waals surface area contributed by atoms with Gasteiger partial charge in [0.25, 0.3) is 0 Å². The molecule has 0 spiro atoms. The number of rotatable bonds is 1. The number of nitrogens with zero attached hydrogens (tertiary/aromatic N) is 2. The molecule has 0 saturated carbocycles. The number of hydrogen-bond acceptors (Lipinski definition) is 0. The SMILES string of the molecule is C1=CC(C2CCCC[N-]2)[N-]CC1.C1=CCCC=CCC1.[Ni+2]. The van der Waals surface area contributed by atoms with Gasteiger partial charge in [0.2, 0.25) is 0 Å². The second kappa shape index (κ2) is 12.2. The Kier molecular flexibility index (Phi) is 10.9. The first kappa shape index (κ1) is 18.7. The molecule has 2 atom stereocenters. The van der Waals surface area contributed by atoms with Crippen LogP contribution in [0.15, 0.2) is 36.5 Å². The van der Waals surface area contributed by atoms with Gasteiger partial charge in [-0.05, 0) is 25.7 Å². The van der Waals surface area contributed by atoms with Crippen LogP contribution in [0.1, 0.15) is 51.4 Å². The molecule has 3 aliphatic rings.